The summed E-state index contributed by atoms with van der Waals surface area (Å²) in [6.45, 7) is 4.44. The van der Waals surface area contributed by atoms with Gasteiger partial charge in [-0.3, -0.25) is 14.1 Å². The summed E-state index contributed by atoms with van der Waals surface area (Å²) >= 11 is 5.76. The molecule has 0 fully saturated rings. The number of amides is 1. The van der Waals surface area contributed by atoms with E-state index in [-0.39, 0.29) is 16.4 Å². The summed E-state index contributed by atoms with van der Waals surface area (Å²) in [5.74, 6) is -1.34. The fourth-order valence-corrected chi connectivity index (χ4v) is 4.21. The Balaban J connectivity index is 2.09. The number of phosphoric acid groups is 1. The van der Waals surface area contributed by atoms with Crippen molar-refractivity contribution in [2.45, 2.75) is 38.5 Å². The second-order valence-corrected chi connectivity index (χ2v) is 9.21. The Bertz CT molecular complexity index is 1100. The monoisotopic (exact) mass is 471 g/mol. The van der Waals surface area contributed by atoms with Gasteiger partial charge in [0.2, 0.25) is 0 Å². The number of ketones is 1. The number of rotatable bonds is 5. The second-order valence-electron chi connectivity index (χ2n) is 7.61. The minimum absolute atomic E-state index is 0.0231. The molecule has 1 heterocycles. The van der Waals surface area contributed by atoms with Crippen LogP contribution in [0.1, 0.15) is 53.1 Å². The van der Waals surface area contributed by atoms with Crippen LogP contribution in [-0.4, -0.2) is 33.2 Å². The molecule has 0 bridgehead atoms. The molecule has 1 aliphatic rings. The second kappa shape index (κ2) is 8.33. The van der Waals surface area contributed by atoms with Crippen LogP contribution in [0.25, 0.3) is 0 Å². The van der Waals surface area contributed by atoms with Crippen LogP contribution in [0.4, 0.5) is 4.39 Å². The zero-order valence-corrected chi connectivity index (χ0v) is 18.4. The third-order valence-electron chi connectivity index (χ3n) is 4.83. The van der Waals surface area contributed by atoms with Gasteiger partial charge in [-0.2, -0.15) is 0 Å². The topological polar surface area (TPSA) is 122 Å². The third-order valence-corrected chi connectivity index (χ3v) is 5.62. The summed E-state index contributed by atoms with van der Waals surface area (Å²) in [4.78, 5) is 43.6. The molecule has 1 aliphatic heterocycles. The molecule has 0 unspecified atom stereocenters. The molecule has 8 nitrogen and oxygen atoms in total. The molecule has 2 atom stereocenters. The Kier molecular flexibility index (Phi) is 6.28. The number of nitrogens with one attached hydrogen (secondary N) is 1. The average Bonchev–Trinajstić information content (AvgIpc) is 2.65. The number of phosphoric ester groups is 1. The SMILES string of the molecule is CC(=O)c1ccc2c(c1)[C@@H](NC(=O)c1ccc(F)c(Cl)c1)[C@@H](OP(=O)(O)O)C(C)(C)O2. The van der Waals surface area contributed by atoms with Crippen molar-refractivity contribution in [3.63, 3.8) is 0 Å². The van der Waals surface area contributed by atoms with Gasteiger partial charge >= 0.3 is 7.82 Å². The maximum Gasteiger partial charge on any atom is 0.470 e. The molecule has 0 saturated heterocycles. The Labute approximate surface area is 182 Å². The lowest BCUT2D eigenvalue weighted by Gasteiger charge is -2.44. The molecule has 0 radical (unpaired) electrons. The van der Waals surface area contributed by atoms with Crippen LogP contribution in [0, 0.1) is 5.82 Å². The summed E-state index contributed by atoms with van der Waals surface area (Å²) in [6.07, 6.45) is -1.33. The van der Waals surface area contributed by atoms with Gasteiger partial charge in [0.1, 0.15) is 23.3 Å². The largest absolute Gasteiger partial charge is 0.485 e. The predicted molar refractivity (Wildman–Crippen MR) is 110 cm³/mol. The Hall–Kier alpha value is -2.29. The van der Waals surface area contributed by atoms with Crippen molar-refractivity contribution in [3.05, 3.63) is 63.9 Å². The van der Waals surface area contributed by atoms with Crippen LogP contribution in [0.2, 0.25) is 5.02 Å². The molecule has 2 aromatic rings. The van der Waals surface area contributed by atoms with Crippen LogP contribution in [0.5, 0.6) is 5.75 Å². The van der Waals surface area contributed by atoms with Crippen molar-refractivity contribution in [1.29, 1.82) is 0 Å². The van der Waals surface area contributed by atoms with Gasteiger partial charge in [-0.1, -0.05) is 11.6 Å². The third kappa shape index (κ3) is 5.14. The summed E-state index contributed by atoms with van der Waals surface area (Å²) in [7, 11) is -4.99. The van der Waals surface area contributed by atoms with E-state index in [0.29, 0.717) is 16.9 Å². The number of fused-ring (bicyclic) bond motifs is 1. The first-order valence-corrected chi connectivity index (χ1v) is 11.0. The standard InChI is InChI=1S/C20H20ClFNO7P/c1-10(24)11-5-7-16-13(8-11)17(18(20(2,3)29-16)30-31(26,27)28)23-19(25)12-4-6-15(22)14(21)9-12/h4-9,17-18H,1-3H3,(H,23,25)(H2,26,27,28)/t17-,18-/m1/s1. The number of carbonyl (C=O) groups excluding carboxylic acids is 2. The number of benzene rings is 2. The number of hydrogen-bond acceptors (Lipinski definition) is 5. The minimum Gasteiger partial charge on any atom is -0.485 e. The van der Waals surface area contributed by atoms with Gasteiger partial charge in [0.15, 0.2) is 5.78 Å². The van der Waals surface area contributed by atoms with Gasteiger partial charge < -0.3 is 19.8 Å². The van der Waals surface area contributed by atoms with Gasteiger partial charge in [-0.25, -0.2) is 8.96 Å². The van der Waals surface area contributed by atoms with E-state index in [4.69, 9.17) is 20.9 Å². The van der Waals surface area contributed by atoms with Crippen molar-refractivity contribution in [3.8, 4) is 5.75 Å². The van der Waals surface area contributed by atoms with Crippen molar-refractivity contribution >= 4 is 31.1 Å². The molecule has 1 amide bonds. The quantitative estimate of drug-likeness (QED) is 0.448. The summed E-state index contributed by atoms with van der Waals surface area (Å²) in [5, 5.41) is 2.39. The van der Waals surface area contributed by atoms with Crippen molar-refractivity contribution in [1.82, 2.24) is 5.32 Å². The van der Waals surface area contributed by atoms with E-state index in [1.165, 1.54) is 25.1 Å². The van der Waals surface area contributed by atoms with Gasteiger partial charge in [0, 0.05) is 16.7 Å². The lowest BCUT2D eigenvalue weighted by atomic mass is 9.85. The summed E-state index contributed by atoms with van der Waals surface area (Å²) in [5.41, 5.74) is -0.646. The van der Waals surface area contributed by atoms with Crippen molar-refractivity contribution < 1.29 is 37.6 Å². The highest BCUT2D eigenvalue weighted by molar-refractivity contribution is 7.46. The smallest absolute Gasteiger partial charge is 0.470 e. The molecule has 11 heteroatoms. The Morgan fingerprint density at radius 3 is 2.42 bits per heavy atom. The molecular formula is C20H20ClFNO7P. The molecule has 0 aliphatic carbocycles. The van der Waals surface area contributed by atoms with E-state index in [2.05, 4.69) is 5.32 Å². The minimum atomic E-state index is -4.99. The van der Waals surface area contributed by atoms with Crippen LogP contribution < -0.4 is 10.1 Å². The van der Waals surface area contributed by atoms with Gasteiger partial charge in [-0.15, -0.1) is 0 Å². The number of ether oxygens (including phenoxy) is 1. The van der Waals surface area contributed by atoms with Gasteiger partial charge in [-0.05, 0) is 57.2 Å². The van der Waals surface area contributed by atoms with Crippen LogP contribution >= 0.6 is 19.4 Å². The van der Waals surface area contributed by atoms with Crippen LogP contribution in [0.3, 0.4) is 0 Å². The first kappa shape index (κ1) is 23.4. The number of Topliss-reactive ketones (excluding diaryl/α,β-unsaturated/α-hetero) is 1. The molecule has 0 spiro atoms. The molecule has 0 aromatic heterocycles. The predicted octanol–water partition coefficient (Wildman–Crippen LogP) is 3.80. The normalized spacial score (nSPS) is 19.8. The molecule has 3 rings (SSSR count). The summed E-state index contributed by atoms with van der Waals surface area (Å²) < 4.78 is 36.0. The molecule has 3 N–H and O–H groups in total. The van der Waals surface area contributed by atoms with Crippen molar-refractivity contribution in [2.75, 3.05) is 0 Å². The molecule has 2 aromatic carbocycles. The maximum absolute atomic E-state index is 13.5. The highest BCUT2D eigenvalue weighted by Gasteiger charge is 2.48. The lowest BCUT2D eigenvalue weighted by molar-refractivity contribution is -0.0597. The van der Waals surface area contributed by atoms with E-state index in [0.717, 1.165) is 12.1 Å². The lowest BCUT2D eigenvalue weighted by Crippen LogP contribution is -2.54. The first-order chi connectivity index (χ1) is 14.3. The summed E-state index contributed by atoms with van der Waals surface area (Å²) in [6, 6.07) is 6.80. The number of hydrogen-bond donors (Lipinski definition) is 3. The molecule has 31 heavy (non-hydrogen) atoms. The molecule has 166 valence electrons. The number of carbonyl (C=O) groups is 2. The van der Waals surface area contributed by atoms with Gasteiger partial charge in [0.25, 0.3) is 5.91 Å². The highest BCUT2D eigenvalue weighted by Crippen LogP contribution is 2.49. The van der Waals surface area contributed by atoms with E-state index in [1.54, 1.807) is 19.9 Å². The number of halogens is 2. The maximum atomic E-state index is 13.5. The zero-order chi connectivity index (χ0) is 23.1. The van der Waals surface area contributed by atoms with E-state index >= 15 is 0 Å². The van der Waals surface area contributed by atoms with E-state index < -0.39 is 37.3 Å². The Morgan fingerprint density at radius 2 is 1.84 bits per heavy atom. The van der Waals surface area contributed by atoms with Crippen molar-refractivity contribution in [2.24, 2.45) is 0 Å². The van der Waals surface area contributed by atoms with E-state index in [1.807, 2.05) is 0 Å². The average molecular weight is 472 g/mol. The highest BCUT2D eigenvalue weighted by atomic mass is 35.5. The fourth-order valence-electron chi connectivity index (χ4n) is 3.36. The van der Waals surface area contributed by atoms with Crippen LogP contribution in [-0.2, 0) is 9.09 Å². The molecular weight excluding hydrogens is 452 g/mol. The molecule has 0 saturated carbocycles. The zero-order valence-electron chi connectivity index (χ0n) is 16.8. The van der Waals surface area contributed by atoms with Gasteiger partial charge in [0.05, 0.1) is 11.1 Å². The first-order valence-electron chi connectivity index (χ1n) is 9.12. The van der Waals surface area contributed by atoms with E-state index in [9.17, 15) is 28.3 Å². The Morgan fingerprint density at radius 1 is 1.19 bits per heavy atom. The fraction of sp³-hybridized carbons (Fsp3) is 0.300. The van der Waals surface area contributed by atoms with Crippen LogP contribution in [0.15, 0.2) is 36.4 Å².